The van der Waals surface area contributed by atoms with E-state index in [1.807, 2.05) is 5.38 Å². The van der Waals surface area contributed by atoms with Crippen LogP contribution in [0.1, 0.15) is 31.2 Å². The first-order valence-corrected chi connectivity index (χ1v) is 7.67. The largest absolute Gasteiger partial charge is 0.479 e. The minimum atomic E-state index is -1.03. The van der Waals surface area contributed by atoms with Gasteiger partial charge in [0.2, 0.25) is 0 Å². The normalized spacial score (nSPS) is 24.2. The molecule has 0 saturated carbocycles. The number of urea groups is 1. The number of likely N-dealkylation sites (tertiary alicyclic amines) is 1. The zero-order valence-corrected chi connectivity index (χ0v) is 12.5. The van der Waals surface area contributed by atoms with Crippen molar-refractivity contribution in [2.45, 2.75) is 26.3 Å². The molecule has 0 radical (unpaired) electrons. The van der Waals surface area contributed by atoms with Gasteiger partial charge in [-0.15, -0.1) is 11.3 Å². The number of carbonyl (C=O) groups is 2. The number of nitrogens with zero attached hydrogens (tertiary/aromatic N) is 1. The first-order valence-electron chi connectivity index (χ1n) is 6.79. The highest BCUT2D eigenvalue weighted by Crippen LogP contribution is 2.23. The van der Waals surface area contributed by atoms with Gasteiger partial charge in [0.25, 0.3) is 0 Å². The van der Waals surface area contributed by atoms with Crippen LogP contribution >= 0.6 is 11.3 Å². The van der Waals surface area contributed by atoms with E-state index in [1.165, 1.54) is 11.3 Å². The van der Waals surface area contributed by atoms with Gasteiger partial charge in [-0.05, 0) is 29.7 Å². The van der Waals surface area contributed by atoms with E-state index in [0.29, 0.717) is 29.8 Å². The number of thiophene rings is 1. The van der Waals surface area contributed by atoms with Crippen molar-refractivity contribution in [1.29, 1.82) is 0 Å². The summed E-state index contributed by atoms with van der Waals surface area (Å²) in [5.41, 5.74) is 0. The van der Waals surface area contributed by atoms with E-state index < -0.39 is 12.0 Å². The number of piperidine rings is 1. The lowest BCUT2D eigenvalue weighted by atomic mass is 9.92. The van der Waals surface area contributed by atoms with Gasteiger partial charge in [-0.3, -0.25) is 0 Å². The molecule has 2 N–H and O–H groups in total. The average molecular weight is 296 g/mol. The smallest absolute Gasteiger partial charge is 0.331 e. The van der Waals surface area contributed by atoms with Crippen LogP contribution in [-0.4, -0.2) is 35.1 Å². The van der Waals surface area contributed by atoms with E-state index in [-0.39, 0.29) is 6.03 Å². The van der Waals surface area contributed by atoms with Crippen molar-refractivity contribution >= 4 is 23.3 Å². The Kier molecular flexibility index (Phi) is 4.65. The lowest BCUT2D eigenvalue weighted by Crippen LogP contribution is -2.49. The predicted molar refractivity (Wildman–Crippen MR) is 77.7 cm³/mol. The molecule has 2 heterocycles. The fourth-order valence-electron chi connectivity index (χ4n) is 2.75. The lowest BCUT2D eigenvalue weighted by molar-refractivity contribution is -0.139. The van der Waals surface area contributed by atoms with Gasteiger partial charge in [0, 0.05) is 18.0 Å². The number of carboxylic acids is 1. The molecule has 1 fully saturated rings. The maximum Gasteiger partial charge on any atom is 0.331 e. The van der Waals surface area contributed by atoms with Gasteiger partial charge in [-0.1, -0.05) is 19.9 Å². The lowest BCUT2D eigenvalue weighted by Gasteiger charge is -2.35. The van der Waals surface area contributed by atoms with Gasteiger partial charge in [-0.25, -0.2) is 9.59 Å². The van der Waals surface area contributed by atoms with Crippen molar-refractivity contribution in [2.24, 2.45) is 11.8 Å². The second-order valence-corrected chi connectivity index (χ2v) is 6.57. The molecule has 0 bridgehead atoms. The van der Waals surface area contributed by atoms with Crippen LogP contribution in [0.5, 0.6) is 0 Å². The van der Waals surface area contributed by atoms with Crippen LogP contribution in [0.2, 0.25) is 0 Å². The highest BCUT2D eigenvalue weighted by Gasteiger charge is 2.29. The molecule has 2 amide bonds. The third-order valence-electron chi connectivity index (χ3n) is 3.50. The maximum atomic E-state index is 12.3. The molecule has 0 spiro atoms. The van der Waals surface area contributed by atoms with Crippen LogP contribution in [0, 0.1) is 11.8 Å². The molecule has 1 aromatic rings. The van der Waals surface area contributed by atoms with Crippen molar-refractivity contribution in [1.82, 2.24) is 10.2 Å². The van der Waals surface area contributed by atoms with Crippen LogP contribution in [0.25, 0.3) is 0 Å². The molecule has 5 nitrogen and oxygen atoms in total. The van der Waals surface area contributed by atoms with Gasteiger partial charge < -0.3 is 15.3 Å². The second kappa shape index (κ2) is 6.26. The molecule has 1 aliphatic heterocycles. The number of nitrogens with one attached hydrogen (secondary N) is 1. The molecule has 1 saturated heterocycles. The summed E-state index contributed by atoms with van der Waals surface area (Å²) in [5, 5.41) is 13.7. The van der Waals surface area contributed by atoms with E-state index >= 15 is 0 Å². The quantitative estimate of drug-likeness (QED) is 0.900. The highest BCUT2D eigenvalue weighted by atomic mass is 32.1. The van der Waals surface area contributed by atoms with E-state index in [4.69, 9.17) is 0 Å². The zero-order valence-electron chi connectivity index (χ0n) is 11.7. The highest BCUT2D eigenvalue weighted by molar-refractivity contribution is 7.10. The van der Waals surface area contributed by atoms with E-state index in [2.05, 4.69) is 19.2 Å². The number of hydrogen-bond acceptors (Lipinski definition) is 3. The van der Waals surface area contributed by atoms with Gasteiger partial charge in [0.15, 0.2) is 6.04 Å². The summed E-state index contributed by atoms with van der Waals surface area (Å²) in [5.74, 6) is -0.122. The van der Waals surface area contributed by atoms with Crippen molar-refractivity contribution in [3.63, 3.8) is 0 Å². The Morgan fingerprint density at radius 1 is 1.40 bits per heavy atom. The number of aliphatic carboxylic acids is 1. The fourth-order valence-corrected chi connectivity index (χ4v) is 3.52. The zero-order chi connectivity index (χ0) is 14.7. The van der Waals surface area contributed by atoms with Crippen LogP contribution in [0.15, 0.2) is 17.5 Å². The van der Waals surface area contributed by atoms with Crippen LogP contribution in [-0.2, 0) is 4.79 Å². The second-order valence-electron chi connectivity index (χ2n) is 5.59. The monoisotopic (exact) mass is 296 g/mol. The molecule has 2 rings (SSSR count). The Morgan fingerprint density at radius 3 is 2.55 bits per heavy atom. The van der Waals surface area contributed by atoms with Gasteiger partial charge in [0.05, 0.1) is 0 Å². The number of carbonyl (C=O) groups excluding carboxylic acids is 1. The Hall–Kier alpha value is -1.56. The van der Waals surface area contributed by atoms with Crippen LogP contribution in [0.4, 0.5) is 4.79 Å². The Morgan fingerprint density at radius 2 is 2.05 bits per heavy atom. The molecule has 0 aliphatic carbocycles. The summed E-state index contributed by atoms with van der Waals surface area (Å²) in [4.78, 5) is 25.9. The summed E-state index contributed by atoms with van der Waals surface area (Å²) < 4.78 is 0. The molecular weight excluding hydrogens is 276 g/mol. The van der Waals surface area contributed by atoms with Gasteiger partial charge in [-0.2, -0.15) is 0 Å². The average Bonchev–Trinajstić information content (AvgIpc) is 2.87. The molecule has 20 heavy (non-hydrogen) atoms. The van der Waals surface area contributed by atoms with Gasteiger partial charge in [0.1, 0.15) is 0 Å². The molecule has 3 atom stereocenters. The third-order valence-corrected chi connectivity index (χ3v) is 4.44. The number of hydrogen-bond donors (Lipinski definition) is 2. The van der Waals surface area contributed by atoms with E-state index in [1.54, 1.807) is 17.0 Å². The number of rotatable bonds is 3. The Bertz CT molecular complexity index is 465. The minimum absolute atomic E-state index is 0.288. The molecular formula is C14H20N2O3S. The number of amides is 2. The minimum Gasteiger partial charge on any atom is -0.479 e. The van der Waals surface area contributed by atoms with Crippen molar-refractivity contribution in [3.8, 4) is 0 Å². The topological polar surface area (TPSA) is 69.6 Å². The van der Waals surface area contributed by atoms with Crippen molar-refractivity contribution < 1.29 is 14.7 Å². The summed E-state index contributed by atoms with van der Waals surface area (Å²) in [6.07, 6.45) is 1.11. The SMILES string of the molecule is CC1CC(C)CN(C(=O)NC(C(=O)O)c2cccs2)C1. The van der Waals surface area contributed by atoms with Crippen LogP contribution in [0.3, 0.4) is 0 Å². The summed E-state index contributed by atoms with van der Waals surface area (Å²) >= 11 is 1.34. The molecule has 1 aromatic heterocycles. The Labute approximate surface area is 122 Å². The third kappa shape index (κ3) is 3.50. The summed E-state index contributed by atoms with van der Waals surface area (Å²) in [6.45, 7) is 5.60. The van der Waals surface area contributed by atoms with Crippen molar-refractivity contribution in [3.05, 3.63) is 22.4 Å². The van der Waals surface area contributed by atoms with E-state index in [9.17, 15) is 14.7 Å². The Balaban J connectivity index is 2.03. The summed E-state index contributed by atoms with van der Waals surface area (Å²) in [7, 11) is 0. The van der Waals surface area contributed by atoms with E-state index in [0.717, 1.165) is 6.42 Å². The maximum absolute atomic E-state index is 12.3. The molecule has 0 aromatic carbocycles. The van der Waals surface area contributed by atoms with Gasteiger partial charge >= 0.3 is 12.0 Å². The predicted octanol–water partition coefficient (Wildman–Crippen LogP) is 2.56. The first-order chi connectivity index (χ1) is 9.47. The summed E-state index contributed by atoms with van der Waals surface area (Å²) in [6, 6.07) is 2.26. The molecule has 6 heteroatoms. The standard InChI is InChI=1S/C14H20N2O3S/c1-9-6-10(2)8-16(7-9)14(19)15-12(13(17)18)11-4-3-5-20-11/h3-5,9-10,12H,6-8H2,1-2H3,(H,15,19)(H,17,18). The molecule has 3 unspecified atom stereocenters. The fraction of sp³-hybridized carbons (Fsp3) is 0.571. The molecule has 110 valence electrons. The molecule has 1 aliphatic rings. The first kappa shape index (κ1) is 14.8. The van der Waals surface area contributed by atoms with Crippen molar-refractivity contribution in [2.75, 3.05) is 13.1 Å². The van der Waals surface area contributed by atoms with Crippen LogP contribution < -0.4 is 5.32 Å². The number of carboxylic acid groups (broad SMARTS) is 1.